The molecule has 0 aromatic rings. The quantitative estimate of drug-likeness (QED) is 0.756. The third-order valence-electron chi connectivity index (χ3n) is 5.28. The SMILES string of the molecule is CCOC(CC)(CC)C(=O)C1CCOC2(CCOCC2)C1. The zero-order valence-electron chi connectivity index (χ0n) is 13.8. The van der Waals surface area contributed by atoms with Crippen LogP contribution in [0.25, 0.3) is 0 Å². The van der Waals surface area contributed by atoms with Crippen molar-refractivity contribution in [3.63, 3.8) is 0 Å². The highest BCUT2D eigenvalue weighted by Gasteiger charge is 2.46. The Morgan fingerprint density at radius 3 is 2.43 bits per heavy atom. The minimum Gasteiger partial charge on any atom is -0.381 e. The molecular weight excluding hydrogens is 268 g/mol. The van der Waals surface area contributed by atoms with Crippen molar-refractivity contribution in [1.29, 1.82) is 0 Å². The third kappa shape index (κ3) is 3.49. The first-order valence-electron chi connectivity index (χ1n) is 8.51. The lowest BCUT2D eigenvalue weighted by molar-refractivity contribution is -0.171. The Kier molecular flexibility index (Phi) is 5.81. The molecule has 0 aromatic heterocycles. The standard InChI is InChI=1S/C17H30O4/c1-4-17(5-2,20-6-3)15(18)14-7-10-21-16(13-14)8-11-19-12-9-16/h14H,4-13H2,1-3H3. The number of Topliss-reactive ketones (excluding diaryl/α,β-unsaturated/α-hetero) is 1. The number of rotatable bonds is 6. The van der Waals surface area contributed by atoms with E-state index in [-0.39, 0.29) is 11.5 Å². The maximum Gasteiger partial charge on any atom is 0.167 e. The van der Waals surface area contributed by atoms with Crippen LogP contribution in [0.3, 0.4) is 0 Å². The van der Waals surface area contributed by atoms with Gasteiger partial charge in [-0.25, -0.2) is 0 Å². The summed E-state index contributed by atoms with van der Waals surface area (Å²) in [4.78, 5) is 13.1. The smallest absolute Gasteiger partial charge is 0.167 e. The summed E-state index contributed by atoms with van der Waals surface area (Å²) >= 11 is 0. The molecule has 2 aliphatic heterocycles. The second-order valence-electron chi connectivity index (χ2n) is 6.33. The summed E-state index contributed by atoms with van der Waals surface area (Å²) in [5.41, 5.74) is -0.723. The Bertz CT molecular complexity index is 337. The largest absolute Gasteiger partial charge is 0.381 e. The Hall–Kier alpha value is -0.450. The third-order valence-corrected chi connectivity index (χ3v) is 5.28. The lowest BCUT2D eigenvalue weighted by Gasteiger charge is -2.44. The van der Waals surface area contributed by atoms with Crippen molar-refractivity contribution in [2.75, 3.05) is 26.4 Å². The summed E-state index contributed by atoms with van der Waals surface area (Å²) in [6.45, 7) is 8.86. The van der Waals surface area contributed by atoms with E-state index in [0.29, 0.717) is 19.0 Å². The number of carbonyl (C=O) groups is 1. The van der Waals surface area contributed by atoms with Crippen molar-refractivity contribution in [3.05, 3.63) is 0 Å². The Morgan fingerprint density at radius 2 is 1.86 bits per heavy atom. The van der Waals surface area contributed by atoms with Crippen LogP contribution >= 0.6 is 0 Å². The lowest BCUT2D eigenvalue weighted by atomic mass is 9.74. The highest BCUT2D eigenvalue weighted by atomic mass is 16.5. The number of hydrogen-bond acceptors (Lipinski definition) is 4. The highest BCUT2D eigenvalue weighted by Crippen LogP contribution is 2.40. The van der Waals surface area contributed by atoms with Gasteiger partial charge in [0.05, 0.1) is 5.60 Å². The number of ketones is 1. The maximum atomic E-state index is 13.1. The minimum absolute atomic E-state index is 0.0725. The Morgan fingerprint density at radius 1 is 1.19 bits per heavy atom. The van der Waals surface area contributed by atoms with Crippen LogP contribution in [0.2, 0.25) is 0 Å². The van der Waals surface area contributed by atoms with E-state index in [1.54, 1.807) is 0 Å². The van der Waals surface area contributed by atoms with Gasteiger partial charge in [0.25, 0.3) is 0 Å². The molecule has 1 atom stereocenters. The molecule has 1 unspecified atom stereocenters. The highest BCUT2D eigenvalue weighted by molar-refractivity contribution is 5.89. The van der Waals surface area contributed by atoms with E-state index < -0.39 is 5.60 Å². The van der Waals surface area contributed by atoms with E-state index in [2.05, 4.69) is 13.8 Å². The summed E-state index contributed by atoms with van der Waals surface area (Å²) in [6, 6.07) is 0. The second-order valence-corrected chi connectivity index (χ2v) is 6.33. The van der Waals surface area contributed by atoms with Crippen LogP contribution in [-0.2, 0) is 19.0 Å². The van der Waals surface area contributed by atoms with Crippen molar-refractivity contribution in [2.45, 2.75) is 70.5 Å². The summed E-state index contributed by atoms with van der Waals surface area (Å²) in [6.07, 6.45) is 5.00. The monoisotopic (exact) mass is 298 g/mol. The molecule has 0 N–H and O–H groups in total. The molecule has 4 heteroatoms. The molecule has 122 valence electrons. The summed E-state index contributed by atoms with van der Waals surface area (Å²) in [7, 11) is 0. The normalized spacial score (nSPS) is 26.0. The lowest BCUT2D eigenvalue weighted by Crippen LogP contribution is -2.51. The van der Waals surface area contributed by atoms with Crippen LogP contribution in [0.15, 0.2) is 0 Å². The van der Waals surface area contributed by atoms with Gasteiger partial charge in [0.1, 0.15) is 5.60 Å². The van der Waals surface area contributed by atoms with E-state index in [1.807, 2.05) is 6.92 Å². The van der Waals surface area contributed by atoms with E-state index in [1.165, 1.54) is 0 Å². The van der Waals surface area contributed by atoms with E-state index in [9.17, 15) is 4.79 Å². The van der Waals surface area contributed by atoms with Crippen LogP contribution in [0, 0.1) is 5.92 Å². The molecule has 0 aromatic carbocycles. The summed E-state index contributed by atoms with van der Waals surface area (Å²) in [5, 5.41) is 0. The van der Waals surface area contributed by atoms with Gasteiger partial charge in [-0.15, -0.1) is 0 Å². The molecule has 2 aliphatic rings. The molecular formula is C17H30O4. The van der Waals surface area contributed by atoms with Gasteiger partial charge in [-0.1, -0.05) is 13.8 Å². The summed E-state index contributed by atoms with van der Waals surface area (Å²) < 4.78 is 17.4. The predicted molar refractivity (Wildman–Crippen MR) is 81.4 cm³/mol. The van der Waals surface area contributed by atoms with Gasteiger partial charge in [0, 0.05) is 32.3 Å². The fourth-order valence-electron chi connectivity index (χ4n) is 3.87. The van der Waals surface area contributed by atoms with Gasteiger partial charge in [-0.3, -0.25) is 4.79 Å². The average molecular weight is 298 g/mol. The molecule has 21 heavy (non-hydrogen) atoms. The first kappa shape index (κ1) is 16.9. The molecule has 0 amide bonds. The zero-order valence-corrected chi connectivity index (χ0v) is 13.8. The van der Waals surface area contributed by atoms with Crippen LogP contribution < -0.4 is 0 Å². The average Bonchev–Trinajstić information content (AvgIpc) is 2.53. The van der Waals surface area contributed by atoms with Gasteiger partial charge in [-0.05, 0) is 45.4 Å². The van der Waals surface area contributed by atoms with E-state index >= 15 is 0 Å². The molecule has 2 fully saturated rings. The fraction of sp³-hybridized carbons (Fsp3) is 0.941. The Balaban J connectivity index is 2.10. The molecule has 2 heterocycles. The first-order valence-corrected chi connectivity index (χ1v) is 8.51. The molecule has 4 nitrogen and oxygen atoms in total. The molecule has 0 bridgehead atoms. The van der Waals surface area contributed by atoms with Gasteiger partial charge in [0.2, 0.25) is 0 Å². The van der Waals surface area contributed by atoms with Gasteiger partial charge < -0.3 is 14.2 Å². The van der Waals surface area contributed by atoms with E-state index in [0.717, 1.165) is 51.7 Å². The number of ether oxygens (including phenoxy) is 3. The fourth-order valence-corrected chi connectivity index (χ4v) is 3.87. The minimum atomic E-state index is -0.594. The topological polar surface area (TPSA) is 44.8 Å². The molecule has 1 spiro atoms. The van der Waals surface area contributed by atoms with Gasteiger partial charge in [-0.2, -0.15) is 0 Å². The van der Waals surface area contributed by atoms with Crippen LogP contribution in [0.5, 0.6) is 0 Å². The van der Waals surface area contributed by atoms with E-state index in [4.69, 9.17) is 14.2 Å². The molecule has 0 saturated carbocycles. The van der Waals surface area contributed by atoms with Crippen molar-refractivity contribution in [1.82, 2.24) is 0 Å². The second kappa shape index (κ2) is 7.21. The van der Waals surface area contributed by atoms with Crippen molar-refractivity contribution in [2.24, 2.45) is 5.92 Å². The Labute approximate surface area is 128 Å². The maximum absolute atomic E-state index is 13.1. The molecule has 0 radical (unpaired) electrons. The van der Waals surface area contributed by atoms with Crippen molar-refractivity contribution >= 4 is 5.78 Å². The molecule has 0 aliphatic carbocycles. The zero-order chi connectivity index (χ0) is 15.3. The summed E-state index contributed by atoms with van der Waals surface area (Å²) in [5.74, 6) is 0.367. The van der Waals surface area contributed by atoms with Crippen LogP contribution in [-0.4, -0.2) is 43.4 Å². The predicted octanol–water partition coefficient (Wildman–Crippen LogP) is 3.13. The van der Waals surface area contributed by atoms with Gasteiger partial charge >= 0.3 is 0 Å². The first-order chi connectivity index (χ1) is 10.1. The van der Waals surface area contributed by atoms with Gasteiger partial charge in [0.15, 0.2) is 5.78 Å². The van der Waals surface area contributed by atoms with Crippen molar-refractivity contribution < 1.29 is 19.0 Å². The number of hydrogen-bond donors (Lipinski definition) is 0. The molecule has 2 rings (SSSR count). The van der Waals surface area contributed by atoms with Crippen molar-refractivity contribution in [3.8, 4) is 0 Å². The van der Waals surface area contributed by atoms with Crippen LogP contribution in [0.4, 0.5) is 0 Å². The number of carbonyl (C=O) groups excluding carboxylic acids is 1. The molecule has 2 saturated heterocycles. The van der Waals surface area contributed by atoms with Crippen LogP contribution in [0.1, 0.15) is 59.3 Å².